The molecule has 1 amide bonds. The molecule has 1 heterocycles. The Morgan fingerprint density at radius 2 is 2.16 bits per heavy atom. The summed E-state index contributed by atoms with van der Waals surface area (Å²) in [5.74, 6) is -0.890. The molecule has 0 fully saturated rings. The van der Waals surface area contributed by atoms with Crippen molar-refractivity contribution in [3.05, 3.63) is 58.6 Å². The minimum atomic E-state index is -0.514. The summed E-state index contributed by atoms with van der Waals surface area (Å²) >= 11 is 5.71. The Morgan fingerprint density at radius 3 is 2.84 bits per heavy atom. The summed E-state index contributed by atoms with van der Waals surface area (Å²) < 4.78 is 13.1. The van der Waals surface area contributed by atoms with Gasteiger partial charge in [-0.25, -0.2) is 4.39 Å². The first-order valence-corrected chi connectivity index (χ1v) is 5.89. The van der Waals surface area contributed by atoms with Gasteiger partial charge in [-0.3, -0.25) is 9.78 Å². The van der Waals surface area contributed by atoms with Crippen LogP contribution in [-0.4, -0.2) is 10.9 Å². The van der Waals surface area contributed by atoms with Crippen LogP contribution in [0.3, 0.4) is 0 Å². The average Bonchev–Trinajstić information content (AvgIpc) is 2.37. The van der Waals surface area contributed by atoms with Crippen LogP contribution >= 0.6 is 11.6 Å². The van der Waals surface area contributed by atoms with Crippen molar-refractivity contribution in [1.29, 1.82) is 0 Å². The van der Waals surface area contributed by atoms with Crippen molar-refractivity contribution >= 4 is 23.2 Å². The zero-order valence-corrected chi connectivity index (χ0v) is 10.6. The number of benzene rings is 1. The van der Waals surface area contributed by atoms with Crippen molar-refractivity contribution in [3.8, 4) is 0 Å². The van der Waals surface area contributed by atoms with Gasteiger partial charge in [0.15, 0.2) is 0 Å². The lowest BCUT2D eigenvalue weighted by Gasteiger charge is -2.06. The van der Waals surface area contributed by atoms with Gasteiger partial charge in [-0.2, -0.15) is 0 Å². The topological polar surface area (TPSA) is 68.0 Å². The third-order valence-corrected chi connectivity index (χ3v) is 2.63. The van der Waals surface area contributed by atoms with E-state index in [0.717, 1.165) is 6.07 Å². The SMILES string of the molecule is NCc1cc(C(=O)Nc2cc(F)cc(Cl)c2)ccn1. The average molecular weight is 280 g/mol. The van der Waals surface area contributed by atoms with E-state index in [0.29, 0.717) is 16.9 Å². The second kappa shape index (κ2) is 5.77. The fraction of sp³-hybridized carbons (Fsp3) is 0.0769. The molecule has 0 aliphatic rings. The molecule has 0 saturated heterocycles. The minimum Gasteiger partial charge on any atom is -0.325 e. The number of pyridine rings is 1. The molecular formula is C13H11ClFN3O. The molecule has 2 aromatic rings. The highest BCUT2D eigenvalue weighted by Crippen LogP contribution is 2.18. The van der Waals surface area contributed by atoms with E-state index in [1.54, 1.807) is 12.1 Å². The monoisotopic (exact) mass is 279 g/mol. The standard InChI is InChI=1S/C13H11ClFN3O/c14-9-4-10(15)6-11(5-9)18-13(19)8-1-2-17-12(3-8)7-16/h1-6H,7,16H2,(H,18,19). The molecule has 1 aromatic heterocycles. The number of amides is 1. The molecular weight excluding hydrogens is 269 g/mol. The molecule has 2 rings (SSSR count). The zero-order valence-electron chi connectivity index (χ0n) is 9.86. The summed E-state index contributed by atoms with van der Waals surface area (Å²) in [6.45, 7) is 0.243. The smallest absolute Gasteiger partial charge is 0.255 e. The van der Waals surface area contributed by atoms with Crippen LogP contribution in [0.2, 0.25) is 5.02 Å². The molecule has 0 aliphatic heterocycles. The number of carbonyl (C=O) groups excluding carboxylic acids is 1. The molecule has 0 bridgehead atoms. The van der Waals surface area contributed by atoms with Crippen molar-refractivity contribution in [2.24, 2.45) is 5.73 Å². The Morgan fingerprint density at radius 1 is 1.37 bits per heavy atom. The molecule has 0 atom stereocenters. The summed E-state index contributed by atoms with van der Waals surface area (Å²) in [5.41, 5.74) is 6.74. The first-order valence-electron chi connectivity index (χ1n) is 5.51. The maximum Gasteiger partial charge on any atom is 0.255 e. The lowest BCUT2D eigenvalue weighted by atomic mass is 10.2. The molecule has 4 nitrogen and oxygen atoms in total. The van der Waals surface area contributed by atoms with Crippen molar-refractivity contribution in [2.45, 2.75) is 6.54 Å². The summed E-state index contributed by atoms with van der Waals surface area (Å²) in [6.07, 6.45) is 1.50. The van der Waals surface area contributed by atoms with Crippen molar-refractivity contribution in [3.63, 3.8) is 0 Å². The normalized spacial score (nSPS) is 10.3. The summed E-state index contributed by atoms with van der Waals surface area (Å²) in [5, 5.41) is 2.77. The van der Waals surface area contributed by atoms with Crippen LogP contribution in [0.4, 0.5) is 10.1 Å². The zero-order chi connectivity index (χ0) is 13.8. The molecule has 98 valence electrons. The highest BCUT2D eigenvalue weighted by Gasteiger charge is 2.08. The summed E-state index contributed by atoms with van der Waals surface area (Å²) in [6, 6.07) is 6.95. The molecule has 1 aromatic carbocycles. The molecule has 0 spiro atoms. The molecule has 3 N–H and O–H groups in total. The van der Waals surface area contributed by atoms with Gasteiger partial charge < -0.3 is 11.1 Å². The summed E-state index contributed by atoms with van der Waals surface area (Å²) in [7, 11) is 0. The van der Waals surface area contributed by atoms with Gasteiger partial charge in [0.25, 0.3) is 5.91 Å². The predicted octanol–water partition coefficient (Wildman–Crippen LogP) is 2.59. The van der Waals surface area contributed by atoms with E-state index in [2.05, 4.69) is 10.3 Å². The number of nitrogens with zero attached hydrogens (tertiary/aromatic N) is 1. The van der Waals surface area contributed by atoms with Crippen LogP contribution in [-0.2, 0) is 6.54 Å². The quantitative estimate of drug-likeness (QED) is 0.907. The predicted molar refractivity (Wildman–Crippen MR) is 71.5 cm³/mol. The highest BCUT2D eigenvalue weighted by molar-refractivity contribution is 6.31. The van der Waals surface area contributed by atoms with E-state index in [1.807, 2.05) is 0 Å². The Hall–Kier alpha value is -1.98. The number of hydrogen-bond donors (Lipinski definition) is 2. The molecule has 19 heavy (non-hydrogen) atoms. The van der Waals surface area contributed by atoms with Crippen LogP contribution in [0.15, 0.2) is 36.5 Å². The van der Waals surface area contributed by atoms with Gasteiger partial charge in [0.05, 0.1) is 5.69 Å². The molecule has 6 heteroatoms. The first-order chi connectivity index (χ1) is 9.08. The fourth-order valence-corrected chi connectivity index (χ4v) is 1.78. The lowest BCUT2D eigenvalue weighted by Crippen LogP contribution is -2.13. The maximum absolute atomic E-state index is 13.1. The minimum absolute atomic E-state index is 0.215. The Balaban J connectivity index is 2.20. The van der Waals surface area contributed by atoms with E-state index in [1.165, 1.54) is 18.3 Å². The number of nitrogens with two attached hydrogens (primary N) is 1. The number of aromatic nitrogens is 1. The van der Waals surface area contributed by atoms with E-state index in [-0.39, 0.29) is 17.5 Å². The fourth-order valence-electron chi connectivity index (χ4n) is 1.56. The molecule has 0 saturated carbocycles. The highest BCUT2D eigenvalue weighted by atomic mass is 35.5. The van der Waals surface area contributed by atoms with Crippen LogP contribution in [0.1, 0.15) is 16.1 Å². The number of halogens is 2. The van der Waals surface area contributed by atoms with Crippen LogP contribution < -0.4 is 11.1 Å². The van der Waals surface area contributed by atoms with E-state index in [4.69, 9.17) is 17.3 Å². The third-order valence-electron chi connectivity index (χ3n) is 2.41. The number of rotatable bonds is 3. The van der Waals surface area contributed by atoms with Crippen LogP contribution in [0.5, 0.6) is 0 Å². The second-order valence-corrected chi connectivity index (χ2v) is 4.29. The third kappa shape index (κ3) is 3.49. The molecule has 0 radical (unpaired) electrons. The van der Waals surface area contributed by atoms with E-state index < -0.39 is 5.82 Å². The number of nitrogens with one attached hydrogen (secondary N) is 1. The maximum atomic E-state index is 13.1. The Labute approximate surface area is 114 Å². The van der Waals surface area contributed by atoms with Crippen molar-refractivity contribution in [2.75, 3.05) is 5.32 Å². The molecule has 0 aliphatic carbocycles. The van der Waals surface area contributed by atoms with Gasteiger partial charge in [-0.1, -0.05) is 11.6 Å². The summed E-state index contributed by atoms with van der Waals surface area (Å²) in [4.78, 5) is 15.9. The van der Waals surface area contributed by atoms with Gasteiger partial charge in [0.1, 0.15) is 5.82 Å². The number of carbonyl (C=O) groups is 1. The van der Waals surface area contributed by atoms with Crippen LogP contribution in [0, 0.1) is 5.82 Å². The first kappa shape index (κ1) is 13.5. The number of anilines is 1. The van der Waals surface area contributed by atoms with Gasteiger partial charge in [-0.15, -0.1) is 0 Å². The lowest BCUT2D eigenvalue weighted by molar-refractivity contribution is 0.102. The Bertz CT molecular complexity index is 598. The van der Waals surface area contributed by atoms with Gasteiger partial charge in [-0.05, 0) is 30.3 Å². The second-order valence-electron chi connectivity index (χ2n) is 3.85. The van der Waals surface area contributed by atoms with E-state index in [9.17, 15) is 9.18 Å². The van der Waals surface area contributed by atoms with Gasteiger partial charge >= 0.3 is 0 Å². The number of hydrogen-bond acceptors (Lipinski definition) is 3. The van der Waals surface area contributed by atoms with E-state index >= 15 is 0 Å². The Kier molecular flexibility index (Phi) is 4.09. The molecule has 0 unspecified atom stereocenters. The van der Waals surface area contributed by atoms with Crippen LogP contribution in [0.25, 0.3) is 0 Å². The van der Waals surface area contributed by atoms with Gasteiger partial charge in [0, 0.05) is 29.0 Å². The van der Waals surface area contributed by atoms with Crippen molar-refractivity contribution < 1.29 is 9.18 Å². The largest absolute Gasteiger partial charge is 0.325 e. The van der Waals surface area contributed by atoms with Crippen molar-refractivity contribution in [1.82, 2.24) is 4.98 Å². The van der Waals surface area contributed by atoms with Gasteiger partial charge in [0.2, 0.25) is 0 Å².